The number of carbonyl (C=O) groups excluding carboxylic acids is 1. The molecule has 0 fully saturated rings. The second-order valence-electron chi connectivity index (χ2n) is 5.13. The smallest absolute Gasteiger partial charge is 0.288 e. The molecule has 0 spiro atoms. The van der Waals surface area contributed by atoms with Gasteiger partial charge in [-0.1, -0.05) is 11.8 Å². The number of rotatable bonds is 5. The molecule has 2 heterocycles. The van der Waals surface area contributed by atoms with Crippen LogP contribution in [0.5, 0.6) is 0 Å². The van der Waals surface area contributed by atoms with Crippen LogP contribution in [-0.4, -0.2) is 31.0 Å². The van der Waals surface area contributed by atoms with Crippen LogP contribution in [0.2, 0.25) is 0 Å². The number of nitrogens with zero attached hydrogens (tertiary/aromatic N) is 4. The number of hydrogen-bond acceptors (Lipinski definition) is 5. The molecule has 2 aromatic heterocycles. The number of amides is 1. The Hall–Kier alpha value is -2.75. The highest BCUT2D eigenvalue weighted by atomic mass is 32.2. The highest BCUT2D eigenvalue weighted by Gasteiger charge is 2.11. The minimum absolute atomic E-state index is 0.218. The fraction of sp³-hybridized carbons (Fsp3) is 0.200. The molecule has 0 atom stereocenters. The first-order chi connectivity index (χ1) is 11.9. The lowest BCUT2D eigenvalue weighted by Gasteiger charge is -2.08. The molecule has 130 valence electrons. The number of aromatic nitrogens is 4. The molecule has 0 aliphatic heterocycles. The average molecular weight is 365 g/mol. The zero-order chi connectivity index (χ0) is 18.0. The van der Waals surface area contributed by atoms with Gasteiger partial charge in [0.05, 0.1) is 6.20 Å². The molecule has 10 heteroatoms. The summed E-state index contributed by atoms with van der Waals surface area (Å²) in [5.74, 6) is -2.93. The zero-order valence-corrected chi connectivity index (χ0v) is 13.8. The van der Waals surface area contributed by atoms with E-state index in [1.807, 2.05) is 0 Å². The van der Waals surface area contributed by atoms with Gasteiger partial charge < -0.3 is 5.32 Å². The Bertz CT molecular complexity index is 968. The fourth-order valence-corrected chi connectivity index (χ4v) is 2.75. The summed E-state index contributed by atoms with van der Waals surface area (Å²) in [7, 11) is 1.67. The molecule has 0 saturated heterocycles. The van der Waals surface area contributed by atoms with Gasteiger partial charge in [0.25, 0.3) is 11.3 Å². The van der Waals surface area contributed by atoms with E-state index < -0.39 is 11.7 Å². The third-order valence-corrected chi connectivity index (χ3v) is 4.12. The van der Waals surface area contributed by atoms with Crippen LogP contribution in [0.15, 0.2) is 46.5 Å². The predicted octanol–water partition coefficient (Wildman–Crippen LogP) is 2.08. The number of carbonyl (C=O) groups is 1. The van der Waals surface area contributed by atoms with Gasteiger partial charge in [0.15, 0.2) is 5.65 Å². The van der Waals surface area contributed by atoms with Gasteiger partial charge in [0, 0.05) is 17.6 Å². The van der Waals surface area contributed by atoms with Crippen molar-refractivity contribution in [3.05, 3.63) is 47.1 Å². The van der Waals surface area contributed by atoms with Crippen LogP contribution in [-0.2, 0) is 18.4 Å². The van der Waals surface area contributed by atoms with E-state index in [0.29, 0.717) is 33.4 Å². The van der Waals surface area contributed by atoms with Crippen LogP contribution in [0, 0.1) is 0 Å². The molecular weight excluding hydrogens is 352 g/mol. The summed E-state index contributed by atoms with van der Waals surface area (Å²) in [5.41, 5.74) is 0.526. The van der Waals surface area contributed by atoms with Gasteiger partial charge in [-0.2, -0.15) is 13.9 Å². The standard InChI is InChI=1S/C15H13F2N5O2S/c1-21-13-11(6-19-21)14(24)22(8-18-13)7-12(23)20-9-2-4-10(5-3-9)25-15(16)17/h2-6,8,15H,7H2,1H3,(H,20,23). The molecule has 1 amide bonds. The Morgan fingerprint density at radius 3 is 2.72 bits per heavy atom. The van der Waals surface area contributed by atoms with Crippen LogP contribution < -0.4 is 10.9 Å². The van der Waals surface area contributed by atoms with E-state index >= 15 is 0 Å². The van der Waals surface area contributed by atoms with Gasteiger partial charge in [0.2, 0.25) is 5.91 Å². The van der Waals surface area contributed by atoms with Crippen LogP contribution >= 0.6 is 11.8 Å². The molecule has 3 aromatic rings. The van der Waals surface area contributed by atoms with Crippen molar-refractivity contribution in [2.24, 2.45) is 7.05 Å². The number of thioether (sulfide) groups is 1. The highest BCUT2D eigenvalue weighted by Crippen LogP contribution is 2.26. The minimum atomic E-state index is -2.50. The van der Waals surface area contributed by atoms with Gasteiger partial charge in [-0.25, -0.2) is 4.98 Å². The van der Waals surface area contributed by atoms with E-state index in [1.165, 1.54) is 46.0 Å². The number of alkyl halides is 2. The third-order valence-electron chi connectivity index (χ3n) is 3.40. The van der Waals surface area contributed by atoms with Crippen LogP contribution in [0.3, 0.4) is 0 Å². The largest absolute Gasteiger partial charge is 0.325 e. The van der Waals surface area contributed by atoms with Crippen molar-refractivity contribution in [2.75, 3.05) is 5.32 Å². The van der Waals surface area contributed by atoms with E-state index in [4.69, 9.17) is 0 Å². The Labute approximate surface area is 144 Å². The molecule has 0 bridgehead atoms. The van der Waals surface area contributed by atoms with Crippen molar-refractivity contribution in [1.29, 1.82) is 0 Å². The lowest BCUT2D eigenvalue weighted by molar-refractivity contribution is -0.116. The molecule has 0 radical (unpaired) electrons. The number of anilines is 1. The van der Waals surface area contributed by atoms with Gasteiger partial charge in [-0.3, -0.25) is 18.8 Å². The van der Waals surface area contributed by atoms with Crippen LogP contribution in [0.1, 0.15) is 0 Å². The number of nitrogens with one attached hydrogen (secondary N) is 1. The summed E-state index contributed by atoms with van der Waals surface area (Å²) in [6.07, 6.45) is 2.69. The van der Waals surface area contributed by atoms with E-state index in [9.17, 15) is 18.4 Å². The maximum absolute atomic E-state index is 12.3. The average Bonchev–Trinajstić information content (AvgIpc) is 2.93. The second kappa shape index (κ2) is 7.01. The third kappa shape index (κ3) is 3.85. The van der Waals surface area contributed by atoms with Crippen molar-refractivity contribution in [1.82, 2.24) is 19.3 Å². The maximum atomic E-state index is 12.3. The van der Waals surface area contributed by atoms with Gasteiger partial charge in [0.1, 0.15) is 18.3 Å². The number of aryl methyl sites for hydroxylation is 1. The van der Waals surface area contributed by atoms with Crippen molar-refractivity contribution >= 4 is 34.4 Å². The van der Waals surface area contributed by atoms with Crippen LogP contribution in [0.25, 0.3) is 11.0 Å². The van der Waals surface area contributed by atoms with Gasteiger partial charge in [-0.05, 0) is 24.3 Å². The van der Waals surface area contributed by atoms with Gasteiger partial charge in [-0.15, -0.1) is 0 Å². The summed E-state index contributed by atoms with van der Waals surface area (Å²) in [5, 5.41) is 6.89. The first kappa shape index (κ1) is 17.1. The molecule has 1 N–H and O–H groups in total. The number of hydrogen-bond donors (Lipinski definition) is 1. The molecule has 25 heavy (non-hydrogen) atoms. The first-order valence-electron chi connectivity index (χ1n) is 7.16. The van der Waals surface area contributed by atoms with Crippen molar-refractivity contribution < 1.29 is 13.6 Å². The molecule has 0 unspecified atom stereocenters. The number of benzene rings is 1. The zero-order valence-electron chi connectivity index (χ0n) is 13.0. The monoisotopic (exact) mass is 365 g/mol. The van der Waals surface area contributed by atoms with Crippen LogP contribution in [0.4, 0.5) is 14.5 Å². The molecular formula is C15H13F2N5O2S. The normalized spacial score (nSPS) is 11.2. The Morgan fingerprint density at radius 1 is 1.32 bits per heavy atom. The lowest BCUT2D eigenvalue weighted by atomic mass is 10.3. The molecule has 0 aliphatic rings. The van der Waals surface area contributed by atoms with Crippen molar-refractivity contribution in [3.8, 4) is 0 Å². The SMILES string of the molecule is Cn1ncc2c(=O)n(CC(=O)Nc3ccc(SC(F)F)cc3)cnc21. The van der Waals surface area contributed by atoms with E-state index in [-0.39, 0.29) is 12.1 Å². The Kier molecular flexibility index (Phi) is 4.79. The van der Waals surface area contributed by atoms with E-state index in [2.05, 4.69) is 15.4 Å². The maximum Gasteiger partial charge on any atom is 0.288 e. The van der Waals surface area contributed by atoms with Crippen molar-refractivity contribution in [2.45, 2.75) is 17.2 Å². The number of halogens is 2. The lowest BCUT2D eigenvalue weighted by Crippen LogP contribution is -2.27. The highest BCUT2D eigenvalue weighted by molar-refractivity contribution is 7.99. The fourth-order valence-electron chi connectivity index (χ4n) is 2.25. The predicted molar refractivity (Wildman–Crippen MR) is 89.7 cm³/mol. The quantitative estimate of drug-likeness (QED) is 0.700. The van der Waals surface area contributed by atoms with Crippen molar-refractivity contribution in [3.63, 3.8) is 0 Å². The molecule has 0 aliphatic carbocycles. The molecule has 3 rings (SSSR count). The molecule has 1 aromatic carbocycles. The molecule has 7 nitrogen and oxygen atoms in total. The summed E-state index contributed by atoms with van der Waals surface area (Å²) in [4.78, 5) is 28.9. The summed E-state index contributed by atoms with van der Waals surface area (Å²) in [6, 6.07) is 6.02. The topological polar surface area (TPSA) is 81.8 Å². The summed E-state index contributed by atoms with van der Waals surface area (Å²) >= 11 is 0.426. The van der Waals surface area contributed by atoms with E-state index in [0.717, 1.165) is 0 Å². The van der Waals surface area contributed by atoms with E-state index in [1.54, 1.807) is 7.05 Å². The molecule has 0 saturated carbocycles. The summed E-state index contributed by atoms with van der Waals surface area (Å²) in [6.45, 7) is -0.218. The summed E-state index contributed by atoms with van der Waals surface area (Å²) < 4.78 is 27.2. The Balaban J connectivity index is 1.70. The minimum Gasteiger partial charge on any atom is -0.325 e. The number of fused-ring (bicyclic) bond motifs is 1. The second-order valence-corrected chi connectivity index (χ2v) is 6.20. The van der Waals surface area contributed by atoms with Gasteiger partial charge >= 0.3 is 0 Å². The Morgan fingerprint density at radius 2 is 2.04 bits per heavy atom. The first-order valence-corrected chi connectivity index (χ1v) is 8.04.